The van der Waals surface area contributed by atoms with Gasteiger partial charge in [-0.15, -0.1) is 0 Å². The molecule has 0 bridgehead atoms. The van der Waals surface area contributed by atoms with Crippen molar-refractivity contribution in [3.63, 3.8) is 0 Å². The van der Waals surface area contributed by atoms with Crippen molar-refractivity contribution in [3.8, 4) is 44.6 Å². The van der Waals surface area contributed by atoms with Crippen LogP contribution >= 0.6 is 0 Å². The van der Waals surface area contributed by atoms with Crippen LogP contribution in [-0.2, 0) is 0 Å². The lowest BCUT2D eigenvalue weighted by Crippen LogP contribution is -1.92. The van der Waals surface area contributed by atoms with E-state index in [-0.39, 0.29) is 0 Å². The van der Waals surface area contributed by atoms with Gasteiger partial charge < -0.3 is 0 Å². The van der Waals surface area contributed by atoms with Crippen molar-refractivity contribution in [1.82, 2.24) is 15.0 Å². The average molecular weight is 610 g/mol. The van der Waals surface area contributed by atoms with Gasteiger partial charge in [-0.25, -0.2) is 0 Å². The van der Waals surface area contributed by atoms with Crippen LogP contribution in [0.4, 0.5) is 0 Å². The number of hydrogen-bond acceptors (Lipinski definition) is 3. The first-order chi connectivity index (χ1) is 23.8. The van der Waals surface area contributed by atoms with Crippen LogP contribution in [0.1, 0.15) is 0 Å². The molecule has 0 atom stereocenters. The molecule has 3 nitrogen and oxygen atoms in total. The fraction of sp³-hybridized carbons (Fsp3) is 0. The zero-order chi connectivity index (χ0) is 31.6. The molecule has 3 heterocycles. The first-order valence-corrected chi connectivity index (χ1v) is 16.2. The second kappa shape index (κ2) is 10.5. The quantitative estimate of drug-likeness (QED) is 0.186. The maximum atomic E-state index is 4.71. The lowest BCUT2D eigenvalue weighted by molar-refractivity contribution is 1.33. The van der Waals surface area contributed by atoms with E-state index < -0.39 is 0 Å². The molecule has 3 aromatic heterocycles. The fourth-order valence-corrected chi connectivity index (χ4v) is 7.64. The van der Waals surface area contributed by atoms with E-state index in [1.807, 2.05) is 37.1 Å². The molecule has 0 unspecified atom stereocenters. The second-order valence-electron chi connectivity index (χ2n) is 12.5. The highest BCUT2D eigenvalue weighted by atomic mass is 14.7. The monoisotopic (exact) mass is 609 g/mol. The van der Waals surface area contributed by atoms with Gasteiger partial charge >= 0.3 is 0 Å². The number of fused-ring (bicyclic) bond motifs is 2. The molecule has 48 heavy (non-hydrogen) atoms. The summed E-state index contributed by atoms with van der Waals surface area (Å²) in [6, 6.07) is 48.5. The van der Waals surface area contributed by atoms with Crippen LogP contribution in [0.2, 0.25) is 0 Å². The van der Waals surface area contributed by atoms with Gasteiger partial charge in [0.15, 0.2) is 0 Å². The molecule has 7 aromatic carbocycles. The third-order valence-corrected chi connectivity index (χ3v) is 9.83. The molecule has 0 saturated carbocycles. The molecule has 0 N–H and O–H groups in total. The molecule has 0 aliphatic rings. The summed E-state index contributed by atoms with van der Waals surface area (Å²) in [6.45, 7) is 0. The van der Waals surface area contributed by atoms with Gasteiger partial charge in [0.05, 0.1) is 5.69 Å². The number of nitrogens with zero attached hydrogens (tertiary/aromatic N) is 3. The summed E-state index contributed by atoms with van der Waals surface area (Å²) < 4.78 is 0. The van der Waals surface area contributed by atoms with Crippen molar-refractivity contribution in [2.24, 2.45) is 0 Å². The van der Waals surface area contributed by atoms with Crippen molar-refractivity contribution >= 4 is 53.9 Å². The minimum Gasteiger partial charge on any atom is -0.264 e. The summed E-state index contributed by atoms with van der Waals surface area (Å²) >= 11 is 0. The Morgan fingerprint density at radius 3 is 1.42 bits per heavy atom. The lowest BCUT2D eigenvalue weighted by Gasteiger charge is -2.18. The SMILES string of the molecule is c1ccc(-c2ccc3ccc4c(-c5cc(-c6cccc7cnccc67)cc(-c6cccc7cnccc67)c5)ccc5ccc2c3c54)nc1. The summed E-state index contributed by atoms with van der Waals surface area (Å²) in [5.41, 5.74) is 9.28. The predicted octanol–water partition coefficient (Wildman–Crippen LogP) is 11.7. The average Bonchev–Trinajstić information content (AvgIpc) is 3.16. The van der Waals surface area contributed by atoms with Crippen molar-refractivity contribution in [3.05, 3.63) is 164 Å². The standard InChI is InChI=1S/C45H27N3/c1-2-20-48-43(9-1)40-15-11-29-12-16-41-37(14-10-28-13-17-42(40)45(29)44(28)41)34-24-32(35-7-3-5-30-26-46-21-18-38(30)35)23-33(25-34)36-8-4-6-31-27-47-22-19-39(31)36/h1-27H. The highest BCUT2D eigenvalue weighted by molar-refractivity contribution is 6.27. The molecular weight excluding hydrogens is 583 g/mol. The van der Waals surface area contributed by atoms with Crippen molar-refractivity contribution in [2.45, 2.75) is 0 Å². The Morgan fingerprint density at radius 1 is 0.333 bits per heavy atom. The zero-order valence-electron chi connectivity index (χ0n) is 25.9. The smallest absolute Gasteiger partial charge is 0.0708 e. The maximum absolute atomic E-state index is 4.71. The number of benzene rings is 7. The second-order valence-corrected chi connectivity index (χ2v) is 12.5. The molecule has 3 heteroatoms. The molecule has 10 aromatic rings. The third kappa shape index (κ3) is 4.11. The fourth-order valence-electron chi connectivity index (χ4n) is 7.64. The van der Waals surface area contributed by atoms with E-state index in [0.717, 1.165) is 22.0 Å². The highest BCUT2D eigenvalue weighted by Crippen LogP contribution is 2.44. The number of hydrogen-bond donors (Lipinski definition) is 0. The van der Waals surface area contributed by atoms with Crippen LogP contribution in [-0.4, -0.2) is 15.0 Å². The first-order valence-electron chi connectivity index (χ1n) is 16.2. The normalized spacial score (nSPS) is 11.8. The highest BCUT2D eigenvalue weighted by Gasteiger charge is 2.17. The van der Waals surface area contributed by atoms with E-state index in [1.54, 1.807) is 0 Å². The van der Waals surface area contributed by atoms with Gasteiger partial charge in [-0.2, -0.15) is 0 Å². The van der Waals surface area contributed by atoms with Crippen LogP contribution in [0.25, 0.3) is 98.5 Å². The molecule has 222 valence electrons. The Kier molecular flexibility index (Phi) is 5.87. The topological polar surface area (TPSA) is 38.7 Å². The van der Waals surface area contributed by atoms with Gasteiger partial charge in [0.2, 0.25) is 0 Å². The van der Waals surface area contributed by atoms with E-state index in [9.17, 15) is 0 Å². The Hall–Kier alpha value is -6.45. The van der Waals surface area contributed by atoms with E-state index in [2.05, 4.69) is 137 Å². The molecule has 0 radical (unpaired) electrons. The minimum absolute atomic E-state index is 0.989. The number of pyridine rings is 3. The number of aromatic nitrogens is 3. The summed E-state index contributed by atoms with van der Waals surface area (Å²) in [4.78, 5) is 13.5. The largest absolute Gasteiger partial charge is 0.264 e. The Morgan fingerprint density at radius 2 is 0.854 bits per heavy atom. The summed E-state index contributed by atoms with van der Waals surface area (Å²) in [5.74, 6) is 0. The zero-order valence-corrected chi connectivity index (χ0v) is 25.9. The summed E-state index contributed by atoms with van der Waals surface area (Å²) in [6.07, 6.45) is 9.53. The minimum atomic E-state index is 0.989. The van der Waals surface area contributed by atoms with Crippen molar-refractivity contribution < 1.29 is 0 Å². The molecule has 0 saturated heterocycles. The molecule has 0 spiro atoms. The molecule has 10 rings (SSSR count). The van der Waals surface area contributed by atoms with Gasteiger partial charge in [0, 0.05) is 47.3 Å². The van der Waals surface area contributed by atoms with E-state index in [4.69, 9.17) is 4.98 Å². The van der Waals surface area contributed by atoms with Crippen LogP contribution in [0.3, 0.4) is 0 Å². The molecule has 0 aliphatic heterocycles. The van der Waals surface area contributed by atoms with Crippen LogP contribution in [0.5, 0.6) is 0 Å². The Bertz CT molecular complexity index is 2730. The van der Waals surface area contributed by atoms with E-state index in [0.29, 0.717) is 0 Å². The number of rotatable bonds is 4. The summed E-state index contributed by atoms with van der Waals surface area (Å²) in [7, 11) is 0. The third-order valence-electron chi connectivity index (χ3n) is 9.83. The van der Waals surface area contributed by atoms with Crippen LogP contribution in [0.15, 0.2) is 164 Å². The van der Waals surface area contributed by atoms with Gasteiger partial charge in [-0.1, -0.05) is 91.0 Å². The van der Waals surface area contributed by atoms with Crippen LogP contribution < -0.4 is 0 Å². The van der Waals surface area contributed by atoms with Crippen LogP contribution in [0, 0.1) is 0 Å². The Balaban J connectivity index is 1.27. The van der Waals surface area contributed by atoms with E-state index in [1.165, 1.54) is 76.5 Å². The molecule has 0 fully saturated rings. The molecular formula is C45H27N3. The Labute approximate surface area is 277 Å². The summed E-state index contributed by atoms with van der Waals surface area (Å²) in [5, 5.41) is 12.2. The van der Waals surface area contributed by atoms with Crippen molar-refractivity contribution in [1.29, 1.82) is 0 Å². The van der Waals surface area contributed by atoms with E-state index >= 15 is 0 Å². The maximum Gasteiger partial charge on any atom is 0.0708 e. The predicted molar refractivity (Wildman–Crippen MR) is 200 cm³/mol. The molecule has 0 aliphatic carbocycles. The van der Waals surface area contributed by atoms with Gasteiger partial charge in [-0.05, 0) is 119 Å². The van der Waals surface area contributed by atoms with Crippen molar-refractivity contribution in [2.75, 3.05) is 0 Å². The van der Waals surface area contributed by atoms with Gasteiger partial charge in [0.1, 0.15) is 0 Å². The molecule has 0 amide bonds. The van der Waals surface area contributed by atoms with Gasteiger partial charge in [-0.3, -0.25) is 15.0 Å². The first kappa shape index (κ1) is 26.7. The lowest BCUT2D eigenvalue weighted by atomic mass is 9.86. The van der Waals surface area contributed by atoms with Gasteiger partial charge in [0.25, 0.3) is 0 Å².